The van der Waals surface area contributed by atoms with Gasteiger partial charge in [0.25, 0.3) is 0 Å². The van der Waals surface area contributed by atoms with Crippen LogP contribution in [0.3, 0.4) is 0 Å². The lowest BCUT2D eigenvalue weighted by molar-refractivity contribution is -0.390. The quantitative estimate of drug-likeness (QED) is 0.637. The smallest absolute Gasteiger partial charge is 0.358 e. The summed E-state index contributed by atoms with van der Waals surface area (Å²) in [6, 6.07) is 6.00. The first-order chi connectivity index (χ1) is 8.89. The summed E-state index contributed by atoms with van der Waals surface area (Å²) in [5.74, 6) is -0.620. The maximum atomic E-state index is 13.1. The zero-order chi connectivity index (χ0) is 14.0. The molecule has 0 saturated carbocycles. The van der Waals surface area contributed by atoms with E-state index in [9.17, 15) is 23.3 Å². The predicted octanol–water partition coefficient (Wildman–Crippen LogP) is 2.94. The second-order valence-corrected chi connectivity index (χ2v) is 3.77. The lowest BCUT2D eigenvalue weighted by Crippen LogP contribution is -2.28. The van der Waals surface area contributed by atoms with Crippen LogP contribution < -0.4 is 0 Å². The molecule has 100 valence electrons. The predicted molar refractivity (Wildman–Crippen MR) is 59.5 cm³/mol. The van der Waals surface area contributed by atoms with Crippen LogP contribution >= 0.6 is 0 Å². The monoisotopic (exact) mass is 271 g/mol. The Morgan fingerprint density at radius 2 is 1.84 bits per heavy atom. The van der Waals surface area contributed by atoms with Crippen LogP contribution in [0.25, 0.3) is 0 Å². The molecule has 0 saturated heterocycles. The summed E-state index contributed by atoms with van der Waals surface area (Å²) >= 11 is 0. The van der Waals surface area contributed by atoms with Crippen LogP contribution in [-0.2, 0) is 0 Å². The normalized spacial score (nSPS) is 13.2. The third-order valence-electron chi connectivity index (χ3n) is 2.47. The Balaban J connectivity index is 2.47. The molecule has 0 N–H and O–H groups in total. The molecular weight excluding hydrogens is 263 g/mol. The molecule has 0 radical (unpaired) electrons. The van der Waals surface area contributed by atoms with Crippen LogP contribution in [0.2, 0.25) is 0 Å². The van der Waals surface area contributed by atoms with Crippen molar-refractivity contribution in [3.63, 3.8) is 0 Å². The van der Waals surface area contributed by atoms with E-state index in [1.54, 1.807) is 6.07 Å². The van der Waals surface area contributed by atoms with E-state index in [1.165, 1.54) is 24.3 Å². The number of halogens is 3. The van der Waals surface area contributed by atoms with E-state index in [0.29, 0.717) is 4.68 Å². The number of rotatable bonds is 3. The van der Waals surface area contributed by atoms with E-state index in [0.717, 1.165) is 12.3 Å². The second-order valence-electron chi connectivity index (χ2n) is 3.77. The third kappa shape index (κ3) is 2.72. The Morgan fingerprint density at radius 1 is 1.21 bits per heavy atom. The van der Waals surface area contributed by atoms with Crippen molar-refractivity contribution in [1.29, 1.82) is 0 Å². The number of benzene rings is 1. The van der Waals surface area contributed by atoms with Crippen LogP contribution in [0, 0.1) is 10.1 Å². The molecule has 5 nitrogen and oxygen atoms in total. The van der Waals surface area contributed by atoms with Crippen molar-refractivity contribution >= 4 is 5.82 Å². The molecule has 1 aromatic carbocycles. The van der Waals surface area contributed by atoms with Crippen molar-refractivity contribution in [1.82, 2.24) is 9.78 Å². The van der Waals surface area contributed by atoms with Crippen molar-refractivity contribution < 1.29 is 18.1 Å². The van der Waals surface area contributed by atoms with E-state index in [2.05, 4.69) is 5.10 Å². The van der Waals surface area contributed by atoms with Gasteiger partial charge in [-0.3, -0.25) is 0 Å². The average molecular weight is 271 g/mol. The minimum Gasteiger partial charge on any atom is -0.358 e. The molecule has 1 atom stereocenters. The summed E-state index contributed by atoms with van der Waals surface area (Å²) in [4.78, 5) is 9.63. The number of alkyl halides is 3. The molecule has 0 amide bonds. The zero-order valence-corrected chi connectivity index (χ0v) is 9.41. The summed E-state index contributed by atoms with van der Waals surface area (Å²) in [6.07, 6.45) is -3.65. The van der Waals surface area contributed by atoms with E-state index in [4.69, 9.17) is 0 Å². The van der Waals surface area contributed by atoms with Crippen molar-refractivity contribution in [2.24, 2.45) is 0 Å². The zero-order valence-electron chi connectivity index (χ0n) is 9.41. The average Bonchev–Trinajstić information content (AvgIpc) is 2.78. The van der Waals surface area contributed by atoms with Gasteiger partial charge in [-0.2, -0.15) is 17.9 Å². The van der Waals surface area contributed by atoms with Crippen molar-refractivity contribution in [3.8, 4) is 0 Å². The molecule has 0 fully saturated rings. The summed E-state index contributed by atoms with van der Waals surface area (Å²) in [5.41, 5.74) is -0.0343. The number of nitro groups is 1. The molecule has 1 unspecified atom stereocenters. The molecular formula is C11H8F3N3O2. The fourth-order valence-electron chi connectivity index (χ4n) is 1.70. The summed E-state index contributed by atoms with van der Waals surface area (Å²) in [7, 11) is 0. The van der Waals surface area contributed by atoms with Crippen LogP contribution in [0.1, 0.15) is 11.6 Å². The van der Waals surface area contributed by atoms with Gasteiger partial charge in [-0.15, -0.1) is 0 Å². The molecule has 2 aromatic rings. The first-order valence-corrected chi connectivity index (χ1v) is 5.21. The van der Waals surface area contributed by atoms with Crippen LogP contribution in [-0.4, -0.2) is 20.9 Å². The largest absolute Gasteiger partial charge is 0.416 e. The standard InChI is InChI=1S/C11H8F3N3O2/c12-11(13,14)10(8-4-2-1-3-5-8)16-7-6-9(15-16)17(18)19/h1-7,10H. The van der Waals surface area contributed by atoms with Crippen molar-refractivity contribution in [3.05, 3.63) is 58.3 Å². The van der Waals surface area contributed by atoms with Gasteiger partial charge in [0.05, 0.1) is 17.4 Å². The van der Waals surface area contributed by atoms with Gasteiger partial charge in [0.15, 0.2) is 6.04 Å². The van der Waals surface area contributed by atoms with Gasteiger partial charge in [0.2, 0.25) is 0 Å². The molecule has 1 aromatic heterocycles. The third-order valence-corrected chi connectivity index (χ3v) is 2.47. The van der Waals surface area contributed by atoms with E-state index < -0.39 is 23.0 Å². The lowest BCUT2D eigenvalue weighted by atomic mass is 10.1. The van der Waals surface area contributed by atoms with E-state index in [1.807, 2.05) is 0 Å². The summed E-state index contributed by atoms with van der Waals surface area (Å²) in [5, 5.41) is 13.8. The van der Waals surface area contributed by atoms with Gasteiger partial charge >= 0.3 is 12.0 Å². The van der Waals surface area contributed by atoms with Gasteiger partial charge in [0, 0.05) is 0 Å². The molecule has 0 bridgehead atoms. The van der Waals surface area contributed by atoms with Crippen LogP contribution in [0.15, 0.2) is 42.6 Å². The highest BCUT2D eigenvalue weighted by Gasteiger charge is 2.44. The first kappa shape index (κ1) is 13.1. The fraction of sp³-hybridized carbons (Fsp3) is 0.182. The molecule has 0 aliphatic carbocycles. The molecule has 19 heavy (non-hydrogen) atoms. The van der Waals surface area contributed by atoms with Gasteiger partial charge in [-0.05, 0) is 10.5 Å². The maximum Gasteiger partial charge on any atom is 0.416 e. The molecule has 1 heterocycles. The van der Waals surface area contributed by atoms with Gasteiger partial charge in [0.1, 0.15) is 0 Å². The highest BCUT2D eigenvalue weighted by atomic mass is 19.4. The number of hydrogen-bond acceptors (Lipinski definition) is 3. The summed E-state index contributed by atoms with van der Waals surface area (Å²) < 4.78 is 39.8. The van der Waals surface area contributed by atoms with Crippen LogP contribution in [0.5, 0.6) is 0 Å². The minimum absolute atomic E-state index is 0.0343. The van der Waals surface area contributed by atoms with Crippen LogP contribution in [0.4, 0.5) is 19.0 Å². The van der Waals surface area contributed by atoms with Gasteiger partial charge in [-0.1, -0.05) is 30.3 Å². The maximum absolute atomic E-state index is 13.1. The van der Waals surface area contributed by atoms with E-state index in [-0.39, 0.29) is 5.56 Å². The highest BCUT2D eigenvalue weighted by molar-refractivity contribution is 5.23. The number of aromatic nitrogens is 2. The minimum atomic E-state index is -4.60. The SMILES string of the molecule is O=[N+]([O-])c1ccn(C(c2ccccc2)C(F)(F)F)n1. The molecule has 2 rings (SSSR count). The Bertz CT molecular complexity index is 580. The highest BCUT2D eigenvalue weighted by Crippen LogP contribution is 2.35. The Labute approximate surface area is 105 Å². The number of hydrogen-bond donors (Lipinski definition) is 0. The molecule has 0 aliphatic heterocycles. The van der Waals surface area contributed by atoms with Gasteiger partial charge in [-0.25, -0.2) is 0 Å². The molecule has 0 aliphatic rings. The topological polar surface area (TPSA) is 61.0 Å². The lowest BCUT2D eigenvalue weighted by Gasteiger charge is -2.18. The molecule has 0 spiro atoms. The molecule has 8 heteroatoms. The van der Waals surface area contributed by atoms with E-state index >= 15 is 0 Å². The Kier molecular flexibility index (Phi) is 3.24. The Hall–Kier alpha value is -2.38. The second kappa shape index (κ2) is 4.71. The summed E-state index contributed by atoms with van der Waals surface area (Å²) in [6.45, 7) is 0. The first-order valence-electron chi connectivity index (χ1n) is 5.21. The fourth-order valence-corrected chi connectivity index (χ4v) is 1.70. The van der Waals surface area contributed by atoms with Crippen molar-refractivity contribution in [2.75, 3.05) is 0 Å². The van der Waals surface area contributed by atoms with Crippen molar-refractivity contribution in [2.45, 2.75) is 12.2 Å². The number of nitrogens with zero attached hydrogens (tertiary/aromatic N) is 3. The van der Waals surface area contributed by atoms with Gasteiger partial charge < -0.3 is 10.1 Å². The Morgan fingerprint density at radius 3 is 2.32 bits per heavy atom.